The van der Waals surface area contributed by atoms with Gasteiger partial charge in [0, 0.05) is 5.41 Å². The van der Waals surface area contributed by atoms with E-state index in [2.05, 4.69) is 34.6 Å². The Morgan fingerprint density at radius 1 is 0.606 bits per heavy atom. The molecule has 8 rings (SSSR count). The Labute approximate surface area is 388 Å². The van der Waals surface area contributed by atoms with Crippen molar-refractivity contribution < 1.29 is 89.7 Å². The van der Waals surface area contributed by atoms with Crippen molar-refractivity contribution in [1.29, 1.82) is 0 Å². The van der Waals surface area contributed by atoms with Crippen molar-refractivity contribution in [2.75, 3.05) is 13.2 Å². The molecule has 18 nitrogen and oxygen atoms in total. The molecule has 0 bridgehead atoms. The standard InChI is InChI=1S/C48H82O18/c1-20(2)23(51)10-9-21(3)31-24(52)15-45(7)28-12-11-27-44(5,6)30(13-14-47(27)19-48(28,47)16-29(53)46(31,45)8)64-43-40(36(58)34(56)26(18-50)63-43)66-42-38(60)39(32(54)22(4)61-42)65-41-37(59)35(57)33(55)25(17-49)62-41/h20-43,49-60H,9-19H2,1-8H3/t21-,22+,23?,24+,25-,26-,27+,28+,29?,30+,31+,32+,33-,34-,35+,36+,37-,38-,39-,40-,41+,42+,43+,45+,46-,47-,48+/m1/s1. The molecule has 2 spiro atoms. The minimum absolute atomic E-state index is 0.0692. The van der Waals surface area contributed by atoms with Crippen LogP contribution in [0.1, 0.15) is 113 Å². The SMILES string of the molecule is CC(C)C(O)CC[C@@H](C)[C@H]1[C@@H](O)C[C@@]2(C)[C@@H]3CC[C@H]4C(C)(C)[C@@H](O[C@@H]5O[C@H](CO)[C@@H](O)[C@H](O)[C@H]5O[C@@H]5O[C@@H](C)[C@H](O)[C@@H](O[C@@H]6O[C@H](CO)[C@@H](O)[C@H](O)[C@H]6O)[C@H]5O)CC[C@@]45C[C@@]35CC(O)[C@]12C. The fraction of sp³-hybridized carbons (Fsp3) is 1.00. The summed E-state index contributed by atoms with van der Waals surface area (Å²) in [5.74, 6) is 0.648. The van der Waals surface area contributed by atoms with E-state index in [-0.39, 0.29) is 39.9 Å². The fourth-order valence-corrected chi connectivity index (χ4v) is 15.9. The zero-order valence-electron chi connectivity index (χ0n) is 40.0. The van der Waals surface area contributed by atoms with Gasteiger partial charge in [0.15, 0.2) is 18.9 Å². The first-order valence-corrected chi connectivity index (χ1v) is 24.8. The molecule has 8 aliphatic rings. The van der Waals surface area contributed by atoms with E-state index < -0.39 is 141 Å². The molecule has 12 N–H and O–H groups in total. The molecule has 27 atom stereocenters. The molecule has 8 fully saturated rings. The van der Waals surface area contributed by atoms with E-state index in [0.717, 1.165) is 32.1 Å². The van der Waals surface area contributed by atoms with Gasteiger partial charge in [-0.25, -0.2) is 0 Å². The van der Waals surface area contributed by atoms with E-state index in [1.807, 2.05) is 13.8 Å². The Kier molecular flexibility index (Phi) is 14.4. The summed E-state index contributed by atoms with van der Waals surface area (Å²) in [7, 11) is 0. The first kappa shape index (κ1) is 51.6. The molecule has 2 unspecified atom stereocenters. The molecule has 3 aliphatic heterocycles. The lowest BCUT2D eigenvalue weighted by atomic mass is 9.41. The topological polar surface area (TPSA) is 298 Å². The summed E-state index contributed by atoms with van der Waals surface area (Å²) >= 11 is 0. The van der Waals surface area contributed by atoms with Crippen molar-refractivity contribution in [2.45, 2.75) is 230 Å². The smallest absolute Gasteiger partial charge is 0.187 e. The summed E-state index contributed by atoms with van der Waals surface area (Å²) in [4.78, 5) is 0. The summed E-state index contributed by atoms with van der Waals surface area (Å²) in [6.45, 7) is 15.2. The monoisotopic (exact) mass is 947 g/mol. The number of aliphatic hydroxyl groups excluding tert-OH is 12. The summed E-state index contributed by atoms with van der Waals surface area (Å²) in [6.07, 6.45) is -18.6. The highest BCUT2D eigenvalue weighted by Crippen LogP contribution is 2.89. The van der Waals surface area contributed by atoms with Crippen LogP contribution in [0.3, 0.4) is 0 Å². The highest BCUT2D eigenvalue weighted by atomic mass is 16.8. The van der Waals surface area contributed by atoms with Crippen molar-refractivity contribution in [3.63, 3.8) is 0 Å². The van der Waals surface area contributed by atoms with Crippen LogP contribution in [0.15, 0.2) is 0 Å². The maximum Gasteiger partial charge on any atom is 0.187 e. The maximum atomic E-state index is 12.5. The van der Waals surface area contributed by atoms with E-state index in [0.29, 0.717) is 31.6 Å². The highest BCUT2D eigenvalue weighted by Gasteiger charge is 2.84. The second kappa shape index (κ2) is 18.4. The Morgan fingerprint density at radius 3 is 1.83 bits per heavy atom. The van der Waals surface area contributed by atoms with Crippen LogP contribution in [0.25, 0.3) is 0 Å². The van der Waals surface area contributed by atoms with Crippen LogP contribution >= 0.6 is 0 Å². The zero-order chi connectivity index (χ0) is 48.4. The lowest BCUT2D eigenvalue weighted by molar-refractivity contribution is -0.388. The van der Waals surface area contributed by atoms with Crippen LogP contribution in [0.5, 0.6) is 0 Å². The molecule has 5 aliphatic carbocycles. The van der Waals surface area contributed by atoms with E-state index >= 15 is 0 Å². The average Bonchev–Trinajstić information content (AvgIpc) is 3.86. The molecule has 0 amide bonds. The van der Waals surface area contributed by atoms with Gasteiger partial charge in [-0.2, -0.15) is 0 Å². The largest absolute Gasteiger partial charge is 0.394 e. The maximum absolute atomic E-state index is 12.5. The predicted molar refractivity (Wildman–Crippen MR) is 231 cm³/mol. The minimum Gasteiger partial charge on any atom is -0.394 e. The predicted octanol–water partition coefficient (Wildman–Crippen LogP) is -0.339. The van der Waals surface area contributed by atoms with E-state index in [1.54, 1.807) is 0 Å². The Morgan fingerprint density at radius 2 is 1.20 bits per heavy atom. The van der Waals surface area contributed by atoms with Gasteiger partial charge in [0.1, 0.15) is 67.1 Å². The molecule has 0 aromatic carbocycles. The normalized spacial score (nSPS) is 55.3. The molecule has 382 valence electrons. The molecule has 18 heteroatoms. The van der Waals surface area contributed by atoms with Gasteiger partial charge in [0.2, 0.25) is 0 Å². The van der Waals surface area contributed by atoms with Crippen LogP contribution in [-0.4, -0.2) is 191 Å². The van der Waals surface area contributed by atoms with E-state index in [9.17, 15) is 61.3 Å². The van der Waals surface area contributed by atoms with Gasteiger partial charge in [-0.15, -0.1) is 0 Å². The molecular weight excluding hydrogens is 865 g/mol. The lowest BCUT2D eigenvalue weighted by Crippen LogP contribution is -2.66. The summed E-state index contributed by atoms with van der Waals surface area (Å²) in [5, 5.41) is 132. The second-order valence-electron chi connectivity index (χ2n) is 23.5. The molecule has 0 aromatic heterocycles. The second-order valence-corrected chi connectivity index (χ2v) is 23.5. The van der Waals surface area contributed by atoms with Gasteiger partial charge in [0.25, 0.3) is 0 Å². The molecular formula is C48H82O18. The minimum atomic E-state index is -1.83. The first-order chi connectivity index (χ1) is 30.9. The molecule has 3 saturated heterocycles. The van der Waals surface area contributed by atoms with Crippen LogP contribution in [0, 0.1) is 56.7 Å². The first-order valence-electron chi connectivity index (χ1n) is 24.8. The van der Waals surface area contributed by atoms with Crippen molar-refractivity contribution in [3.05, 3.63) is 0 Å². The van der Waals surface area contributed by atoms with Gasteiger partial charge in [-0.1, -0.05) is 48.5 Å². The summed E-state index contributed by atoms with van der Waals surface area (Å²) < 4.78 is 36.4. The van der Waals surface area contributed by atoms with Crippen LogP contribution in [-0.2, 0) is 28.4 Å². The lowest BCUT2D eigenvalue weighted by Gasteiger charge is -2.64. The Balaban J connectivity index is 0.994. The number of ether oxygens (including phenoxy) is 6. The third-order valence-electron chi connectivity index (χ3n) is 19.8. The molecule has 3 heterocycles. The number of hydrogen-bond acceptors (Lipinski definition) is 18. The third-order valence-corrected chi connectivity index (χ3v) is 19.8. The molecule has 66 heavy (non-hydrogen) atoms. The van der Waals surface area contributed by atoms with Gasteiger partial charge in [-0.05, 0) is 116 Å². The number of fused-ring (bicyclic) bond motifs is 2. The summed E-state index contributed by atoms with van der Waals surface area (Å²) in [5.41, 5.74) is -1.47. The number of aliphatic hydroxyl groups is 12. The van der Waals surface area contributed by atoms with Crippen molar-refractivity contribution in [3.8, 4) is 0 Å². The Hall–Kier alpha value is -0.720. The quantitative estimate of drug-likeness (QED) is 0.105. The average molecular weight is 947 g/mol. The van der Waals surface area contributed by atoms with Gasteiger partial charge < -0.3 is 89.7 Å². The van der Waals surface area contributed by atoms with Crippen molar-refractivity contribution >= 4 is 0 Å². The highest BCUT2D eigenvalue weighted by molar-refractivity contribution is 5.32. The Bertz CT molecular complexity index is 1690. The zero-order valence-corrected chi connectivity index (χ0v) is 40.0. The fourth-order valence-electron chi connectivity index (χ4n) is 15.9. The van der Waals surface area contributed by atoms with E-state index in [1.165, 1.54) is 6.92 Å². The van der Waals surface area contributed by atoms with Crippen molar-refractivity contribution in [1.82, 2.24) is 0 Å². The van der Waals surface area contributed by atoms with Crippen LogP contribution < -0.4 is 0 Å². The molecule has 0 radical (unpaired) electrons. The van der Waals surface area contributed by atoms with Gasteiger partial charge >= 0.3 is 0 Å². The molecule has 5 saturated carbocycles. The van der Waals surface area contributed by atoms with Gasteiger partial charge in [0.05, 0.1) is 43.7 Å². The van der Waals surface area contributed by atoms with Crippen molar-refractivity contribution in [2.24, 2.45) is 56.7 Å². The van der Waals surface area contributed by atoms with Crippen LogP contribution in [0.2, 0.25) is 0 Å². The van der Waals surface area contributed by atoms with Crippen LogP contribution in [0.4, 0.5) is 0 Å². The van der Waals surface area contributed by atoms with Gasteiger partial charge in [-0.3, -0.25) is 0 Å². The third kappa shape index (κ3) is 7.81. The number of rotatable bonds is 13. The summed E-state index contributed by atoms with van der Waals surface area (Å²) in [6, 6.07) is 0. The molecule has 0 aromatic rings. The number of hydrogen-bond donors (Lipinski definition) is 12. The van der Waals surface area contributed by atoms with E-state index in [4.69, 9.17) is 28.4 Å².